The highest BCUT2D eigenvalue weighted by Crippen LogP contribution is 2.38. The fourth-order valence-corrected chi connectivity index (χ4v) is 5.38. The van der Waals surface area contributed by atoms with Crippen molar-refractivity contribution in [3.05, 3.63) is 70.2 Å². The number of carbonyl (C=O) groups excluding carboxylic acids is 1. The van der Waals surface area contributed by atoms with Gasteiger partial charge in [0, 0.05) is 12.1 Å². The maximum atomic E-state index is 13.3. The van der Waals surface area contributed by atoms with E-state index in [1.54, 1.807) is 0 Å². The molecule has 3 nitrogen and oxygen atoms in total. The van der Waals surface area contributed by atoms with E-state index in [1.807, 2.05) is 30.3 Å². The molecular formula is C24H27Cl2F3N2O. The molecule has 2 aromatic rings. The van der Waals surface area contributed by atoms with Gasteiger partial charge in [0.25, 0.3) is 5.91 Å². The molecule has 4 rings (SSSR count). The Bertz CT molecular complexity index is 921. The van der Waals surface area contributed by atoms with Crippen molar-refractivity contribution in [2.45, 2.75) is 62.8 Å². The van der Waals surface area contributed by atoms with Gasteiger partial charge in [-0.1, -0.05) is 60.8 Å². The van der Waals surface area contributed by atoms with Gasteiger partial charge in [0.2, 0.25) is 0 Å². The maximum absolute atomic E-state index is 13.3. The van der Waals surface area contributed by atoms with Crippen LogP contribution < -0.4 is 5.32 Å². The Labute approximate surface area is 197 Å². The largest absolute Gasteiger partial charge is 0.417 e. The number of hydrogen-bond donors (Lipinski definition) is 1. The number of carbonyl (C=O) groups is 1. The molecule has 0 bridgehead atoms. The summed E-state index contributed by atoms with van der Waals surface area (Å²) < 4.78 is 39.8. The van der Waals surface area contributed by atoms with E-state index in [1.165, 1.54) is 18.6 Å². The molecule has 0 aliphatic carbocycles. The van der Waals surface area contributed by atoms with Crippen LogP contribution >= 0.6 is 24.0 Å². The lowest BCUT2D eigenvalue weighted by atomic mass is 9.84. The highest BCUT2D eigenvalue weighted by Gasteiger charge is 2.39. The Morgan fingerprint density at radius 3 is 2.44 bits per heavy atom. The smallest absolute Gasteiger partial charge is 0.344 e. The zero-order chi connectivity index (χ0) is 22.0. The summed E-state index contributed by atoms with van der Waals surface area (Å²) in [5.74, 6) is -0.580. The van der Waals surface area contributed by atoms with Gasteiger partial charge < -0.3 is 5.32 Å². The number of fused-ring (bicyclic) bond motifs is 1. The number of piperidine rings is 2. The first-order valence-corrected chi connectivity index (χ1v) is 11.2. The number of hydrogen-bond acceptors (Lipinski definition) is 2. The van der Waals surface area contributed by atoms with Crippen molar-refractivity contribution in [1.82, 2.24) is 10.2 Å². The summed E-state index contributed by atoms with van der Waals surface area (Å²) in [7, 11) is 0. The van der Waals surface area contributed by atoms with Crippen LogP contribution in [0.5, 0.6) is 0 Å². The molecule has 2 saturated heterocycles. The van der Waals surface area contributed by atoms with Crippen molar-refractivity contribution in [2.75, 3.05) is 6.54 Å². The molecule has 3 atom stereocenters. The molecular weight excluding hydrogens is 460 g/mol. The second-order valence-electron chi connectivity index (χ2n) is 8.41. The van der Waals surface area contributed by atoms with Crippen LogP contribution in [0.1, 0.15) is 66.1 Å². The number of rotatable bonds is 4. The molecule has 2 aliphatic rings. The molecule has 1 amide bonds. The van der Waals surface area contributed by atoms with E-state index >= 15 is 0 Å². The summed E-state index contributed by atoms with van der Waals surface area (Å²) in [6, 6.07) is 13.4. The number of amides is 1. The van der Waals surface area contributed by atoms with E-state index in [4.69, 9.17) is 11.6 Å². The predicted octanol–water partition coefficient (Wildman–Crippen LogP) is 6.66. The molecule has 8 heteroatoms. The van der Waals surface area contributed by atoms with Gasteiger partial charge in [-0.2, -0.15) is 13.2 Å². The maximum Gasteiger partial charge on any atom is 0.417 e. The molecule has 2 fully saturated rings. The Balaban J connectivity index is 0.00000289. The van der Waals surface area contributed by atoms with Gasteiger partial charge in [0.1, 0.15) is 0 Å². The monoisotopic (exact) mass is 486 g/mol. The summed E-state index contributed by atoms with van der Waals surface area (Å²) in [5.41, 5.74) is -0.189. The number of halogens is 5. The number of alkyl halides is 3. The van der Waals surface area contributed by atoms with Gasteiger partial charge in [-0.3, -0.25) is 9.69 Å². The Morgan fingerprint density at radius 2 is 1.72 bits per heavy atom. The fourth-order valence-electron chi connectivity index (χ4n) is 5.06. The van der Waals surface area contributed by atoms with Crippen LogP contribution in [0.3, 0.4) is 0 Å². The topological polar surface area (TPSA) is 32.3 Å². The highest BCUT2D eigenvalue weighted by atomic mass is 35.5. The van der Waals surface area contributed by atoms with E-state index < -0.39 is 22.7 Å². The predicted molar refractivity (Wildman–Crippen MR) is 122 cm³/mol. The van der Waals surface area contributed by atoms with Gasteiger partial charge in [-0.15, -0.1) is 12.4 Å². The van der Waals surface area contributed by atoms with Crippen LogP contribution in [0.25, 0.3) is 0 Å². The lowest BCUT2D eigenvalue weighted by Crippen LogP contribution is -2.54. The Morgan fingerprint density at radius 1 is 1.00 bits per heavy atom. The van der Waals surface area contributed by atoms with Gasteiger partial charge in [-0.05, 0) is 49.9 Å². The van der Waals surface area contributed by atoms with Crippen LogP contribution in [-0.4, -0.2) is 29.4 Å². The standard InChI is InChI=1S/C24H26ClF3N2O.ClH/c25-21-18(12-7-13-19(21)24(26,27)28)23(31)29-22(16-8-2-1-3-9-16)20-14-6-11-17-10-4-5-15-30(17)20;/h1-3,7-9,12-13,17,20,22H,4-6,10-11,14-15H2,(H,29,31);1H. The van der Waals surface area contributed by atoms with Gasteiger partial charge in [-0.25, -0.2) is 0 Å². The van der Waals surface area contributed by atoms with Crippen molar-refractivity contribution in [2.24, 2.45) is 0 Å². The molecule has 2 heterocycles. The zero-order valence-corrected chi connectivity index (χ0v) is 19.1. The second-order valence-corrected chi connectivity index (χ2v) is 8.79. The number of nitrogens with zero attached hydrogens (tertiary/aromatic N) is 1. The minimum absolute atomic E-state index is 0. The summed E-state index contributed by atoms with van der Waals surface area (Å²) in [6.07, 6.45) is 2.06. The van der Waals surface area contributed by atoms with E-state index in [2.05, 4.69) is 10.2 Å². The first-order valence-electron chi connectivity index (χ1n) is 10.8. The lowest BCUT2D eigenvalue weighted by Gasteiger charge is -2.48. The van der Waals surface area contributed by atoms with Crippen LogP contribution in [0.2, 0.25) is 5.02 Å². The summed E-state index contributed by atoms with van der Waals surface area (Å²) in [5, 5.41) is 2.48. The average Bonchev–Trinajstić information content (AvgIpc) is 2.77. The van der Waals surface area contributed by atoms with Crippen molar-refractivity contribution >= 4 is 29.9 Å². The Kier molecular flexibility index (Phi) is 8.12. The zero-order valence-electron chi connectivity index (χ0n) is 17.6. The van der Waals surface area contributed by atoms with Crippen LogP contribution in [0, 0.1) is 0 Å². The molecule has 0 aromatic heterocycles. The van der Waals surface area contributed by atoms with E-state index in [0.29, 0.717) is 6.04 Å². The number of benzene rings is 2. The molecule has 32 heavy (non-hydrogen) atoms. The van der Waals surface area contributed by atoms with Gasteiger partial charge in [0.05, 0.1) is 22.2 Å². The van der Waals surface area contributed by atoms with Crippen LogP contribution in [0.15, 0.2) is 48.5 Å². The fraction of sp³-hybridized carbons (Fsp3) is 0.458. The highest BCUT2D eigenvalue weighted by molar-refractivity contribution is 6.34. The molecule has 2 aromatic carbocycles. The van der Waals surface area contributed by atoms with Crippen LogP contribution in [0.4, 0.5) is 13.2 Å². The molecule has 0 radical (unpaired) electrons. The molecule has 1 N–H and O–H groups in total. The third-order valence-corrected chi connectivity index (χ3v) is 6.92. The molecule has 0 spiro atoms. The van der Waals surface area contributed by atoms with Gasteiger partial charge >= 0.3 is 6.18 Å². The third kappa shape index (κ3) is 5.24. The first kappa shape index (κ1) is 24.9. The minimum atomic E-state index is -4.61. The minimum Gasteiger partial charge on any atom is -0.344 e. The molecule has 0 saturated carbocycles. The van der Waals surface area contributed by atoms with Crippen molar-refractivity contribution in [3.63, 3.8) is 0 Å². The first-order chi connectivity index (χ1) is 14.9. The summed E-state index contributed by atoms with van der Waals surface area (Å²) >= 11 is 6.02. The quantitative estimate of drug-likeness (QED) is 0.523. The number of nitrogens with one attached hydrogen (secondary N) is 1. The summed E-state index contributed by atoms with van der Waals surface area (Å²) in [6.45, 7) is 0.985. The van der Waals surface area contributed by atoms with E-state index in [9.17, 15) is 18.0 Å². The molecule has 174 valence electrons. The average molecular weight is 487 g/mol. The van der Waals surface area contributed by atoms with Crippen molar-refractivity contribution < 1.29 is 18.0 Å². The summed E-state index contributed by atoms with van der Waals surface area (Å²) in [4.78, 5) is 15.6. The van der Waals surface area contributed by atoms with Gasteiger partial charge in [0.15, 0.2) is 0 Å². The Hall–Kier alpha value is -1.76. The van der Waals surface area contributed by atoms with E-state index in [0.717, 1.165) is 50.3 Å². The lowest BCUT2D eigenvalue weighted by molar-refractivity contribution is -0.137. The van der Waals surface area contributed by atoms with E-state index in [-0.39, 0.29) is 30.1 Å². The normalized spacial score (nSPS) is 22.4. The second kappa shape index (κ2) is 10.4. The SMILES string of the molecule is Cl.O=C(NC(c1ccccc1)C1CCCC2CCCCN21)c1cccc(C(F)(F)F)c1Cl. The van der Waals surface area contributed by atoms with Crippen LogP contribution in [-0.2, 0) is 6.18 Å². The molecule has 3 unspecified atom stereocenters. The van der Waals surface area contributed by atoms with Crippen molar-refractivity contribution in [3.8, 4) is 0 Å². The molecule has 2 aliphatic heterocycles. The van der Waals surface area contributed by atoms with Crippen molar-refractivity contribution in [1.29, 1.82) is 0 Å². The third-order valence-electron chi connectivity index (χ3n) is 6.51.